The lowest BCUT2D eigenvalue weighted by Crippen LogP contribution is -2.45. The van der Waals surface area contributed by atoms with Crippen LogP contribution in [0.2, 0.25) is 0 Å². The van der Waals surface area contributed by atoms with E-state index in [0.29, 0.717) is 17.0 Å². The molecule has 2 aliphatic rings. The molecule has 4 nitrogen and oxygen atoms in total. The summed E-state index contributed by atoms with van der Waals surface area (Å²) >= 11 is 0. The van der Waals surface area contributed by atoms with Crippen LogP contribution in [0.4, 0.5) is 0 Å². The Kier molecular flexibility index (Phi) is 8.89. The summed E-state index contributed by atoms with van der Waals surface area (Å²) in [7, 11) is 0. The highest BCUT2D eigenvalue weighted by atomic mass is 35.5. The highest BCUT2D eigenvalue weighted by Crippen LogP contribution is 2.25. The van der Waals surface area contributed by atoms with Gasteiger partial charge in [0.2, 0.25) is 5.91 Å². The number of halogens is 1. The van der Waals surface area contributed by atoms with E-state index in [4.69, 9.17) is 0 Å². The van der Waals surface area contributed by atoms with E-state index in [0.717, 1.165) is 31.6 Å². The quantitative estimate of drug-likeness (QED) is 0.565. The molecule has 0 aliphatic carbocycles. The number of hydrogen-bond donors (Lipinski definition) is 0. The molecule has 2 unspecified atom stereocenters. The van der Waals surface area contributed by atoms with Gasteiger partial charge in [-0.25, -0.2) is 0 Å². The Hall–Kier alpha value is -2.17. The summed E-state index contributed by atoms with van der Waals surface area (Å²) in [5, 5.41) is 0. The molecule has 0 N–H and O–H groups in total. The second kappa shape index (κ2) is 11.6. The van der Waals surface area contributed by atoms with Crippen LogP contribution in [0.3, 0.4) is 0 Å². The highest BCUT2D eigenvalue weighted by molar-refractivity contribution is 6.09. The SMILES string of the molecule is CC(C(=O)N1CCCC(CN2CCCCC2)C1)c1cccc(C(=O)c2ccccc2)c1.Cl. The van der Waals surface area contributed by atoms with Crippen molar-refractivity contribution in [3.05, 3.63) is 71.3 Å². The van der Waals surface area contributed by atoms with Gasteiger partial charge in [0.25, 0.3) is 0 Å². The monoisotopic (exact) mass is 454 g/mol. The first-order valence-corrected chi connectivity index (χ1v) is 11.8. The predicted molar refractivity (Wildman–Crippen MR) is 132 cm³/mol. The summed E-state index contributed by atoms with van der Waals surface area (Å²) in [6.45, 7) is 7.23. The Morgan fingerprint density at radius 2 is 1.62 bits per heavy atom. The Labute approximate surface area is 198 Å². The average molecular weight is 455 g/mol. The van der Waals surface area contributed by atoms with Crippen LogP contribution in [0.5, 0.6) is 0 Å². The largest absolute Gasteiger partial charge is 0.342 e. The minimum absolute atomic E-state index is 0. The second-order valence-electron chi connectivity index (χ2n) is 9.20. The van der Waals surface area contributed by atoms with Crippen molar-refractivity contribution in [1.82, 2.24) is 9.80 Å². The van der Waals surface area contributed by atoms with Crippen LogP contribution < -0.4 is 0 Å². The minimum atomic E-state index is -0.239. The molecule has 2 saturated heterocycles. The lowest BCUT2D eigenvalue weighted by molar-refractivity contribution is -0.134. The van der Waals surface area contributed by atoms with Crippen LogP contribution in [-0.4, -0.2) is 54.2 Å². The molecule has 5 heteroatoms. The van der Waals surface area contributed by atoms with Crippen LogP contribution in [0.1, 0.15) is 66.4 Å². The summed E-state index contributed by atoms with van der Waals surface area (Å²) in [4.78, 5) is 30.8. The Balaban J connectivity index is 0.00000289. The number of benzene rings is 2. The van der Waals surface area contributed by atoms with E-state index in [9.17, 15) is 9.59 Å². The molecule has 0 radical (unpaired) electrons. The Morgan fingerprint density at radius 3 is 2.38 bits per heavy atom. The Morgan fingerprint density at radius 1 is 0.906 bits per heavy atom. The number of nitrogens with zero attached hydrogens (tertiary/aromatic N) is 2. The lowest BCUT2D eigenvalue weighted by atomic mass is 9.92. The van der Waals surface area contributed by atoms with Crippen molar-refractivity contribution in [2.75, 3.05) is 32.7 Å². The molecule has 0 aromatic heterocycles. The average Bonchev–Trinajstić information content (AvgIpc) is 2.84. The number of rotatable bonds is 6. The third-order valence-electron chi connectivity index (χ3n) is 6.85. The van der Waals surface area contributed by atoms with Gasteiger partial charge in [-0.3, -0.25) is 9.59 Å². The topological polar surface area (TPSA) is 40.6 Å². The van der Waals surface area contributed by atoms with Gasteiger partial charge in [0.1, 0.15) is 0 Å². The van der Waals surface area contributed by atoms with E-state index in [1.165, 1.54) is 38.8 Å². The molecule has 4 rings (SSSR count). The zero-order valence-electron chi connectivity index (χ0n) is 19.0. The molecule has 2 aliphatic heterocycles. The van der Waals surface area contributed by atoms with Crippen molar-refractivity contribution < 1.29 is 9.59 Å². The molecule has 0 bridgehead atoms. The molecule has 1 amide bonds. The summed E-state index contributed by atoms with van der Waals surface area (Å²) in [5.41, 5.74) is 2.24. The molecule has 0 spiro atoms. The molecular formula is C27H35ClN2O2. The molecule has 2 heterocycles. The smallest absolute Gasteiger partial charge is 0.229 e. The fourth-order valence-electron chi connectivity index (χ4n) is 5.04. The van der Waals surface area contributed by atoms with Crippen molar-refractivity contribution in [1.29, 1.82) is 0 Å². The molecule has 2 aromatic rings. The highest BCUT2D eigenvalue weighted by Gasteiger charge is 2.29. The normalized spacial score (nSPS) is 20.3. The molecule has 0 saturated carbocycles. The lowest BCUT2D eigenvalue weighted by Gasteiger charge is -2.37. The van der Waals surface area contributed by atoms with Gasteiger partial charge < -0.3 is 9.80 Å². The van der Waals surface area contributed by atoms with Crippen molar-refractivity contribution in [2.24, 2.45) is 5.92 Å². The van der Waals surface area contributed by atoms with E-state index in [1.807, 2.05) is 61.5 Å². The van der Waals surface area contributed by atoms with E-state index < -0.39 is 0 Å². The van der Waals surface area contributed by atoms with Crippen molar-refractivity contribution in [3.8, 4) is 0 Å². The summed E-state index contributed by atoms with van der Waals surface area (Å²) in [6.07, 6.45) is 6.28. The fourth-order valence-corrected chi connectivity index (χ4v) is 5.04. The van der Waals surface area contributed by atoms with Gasteiger partial charge >= 0.3 is 0 Å². The standard InChI is InChI=1S/C27H34N2O2.ClH/c1-21(24-13-8-14-25(18-24)26(30)23-11-4-2-5-12-23)27(31)29-17-9-10-22(20-29)19-28-15-6-3-7-16-28;/h2,4-5,8,11-14,18,21-22H,3,6-7,9-10,15-17,19-20H2,1H3;1H. The van der Waals surface area contributed by atoms with E-state index in [-0.39, 0.29) is 30.0 Å². The summed E-state index contributed by atoms with van der Waals surface area (Å²) < 4.78 is 0. The third kappa shape index (κ3) is 5.99. The zero-order valence-corrected chi connectivity index (χ0v) is 19.9. The number of amides is 1. The van der Waals surface area contributed by atoms with E-state index in [1.54, 1.807) is 0 Å². The Bertz CT molecular complexity index is 896. The van der Waals surface area contributed by atoms with Crippen LogP contribution >= 0.6 is 12.4 Å². The van der Waals surface area contributed by atoms with Crippen LogP contribution in [-0.2, 0) is 4.79 Å². The van der Waals surface area contributed by atoms with Gasteiger partial charge in [0.05, 0.1) is 5.92 Å². The number of carbonyl (C=O) groups excluding carboxylic acids is 2. The van der Waals surface area contributed by atoms with Gasteiger partial charge in [-0.2, -0.15) is 0 Å². The number of piperidine rings is 2. The first-order valence-electron chi connectivity index (χ1n) is 11.8. The molecular weight excluding hydrogens is 420 g/mol. The second-order valence-corrected chi connectivity index (χ2v) is 9.20. The molecule has 172 valence electrons. The third-order valence-corrected chi connectivity index (χ3v) is 6.85. The molecule has 32 heavy (non-hydrogen) atoms. The summed E-state index contributed by atoms with van der Waals surface area (Å²) in [6, 6.07) is 16.9. The predicted octanol–water partition coefficient (Wildman–Crippen LogP) is 5.17. The van der Waals surface area contributed by atoms with Crippen LogP contribution in [0.15, 0.2) is 54.6 Å². The first kappa shape index (κ1) is 24.5. The molecule has 2 fully saturated rings. The van der Waals surface area contributed by atoms with Gasteiger partial charge in [0, 0.05) is 30.8 Å². The first-order chi connectivity index (χ1) is 15.1. The van der Waals surface area contributed by atoms with Gasteiger partial charge in [-0.15, -0.1) is 12.4 Å². The number of likely N-dealkylation sites (tertiary alicyclic amines) is 2. The number of ketones is 1. The summed E-state index contributed by atoms with van der Waals surface area (Å²) in [5.74, 6) is 0.528. The molecule has 2 atom stereocenters. The maximum Gasteiger partial charge on any atom is 0.229 e. The number of carbonyl (C=O) groups is 2. The maximum atomic E-state index is 13.3. The zero-order chi connectivity index (χ0) is 21.6. The van der Waals surface area contributed by atoms with Crippen molar-refractivity contribution in [2.45, 2.75) is 44.9 Å². The van der Waals surface area contributed by atoms with Gasteiger partial charge in [-0.1, -0.05) is 55.0 Å². The van der Waals surface area contributed by atoms with E-state index in [2.05, 4.69) is 9.80 Å². The maximum absolute atomic E-state index is 13.3. The van der Waals surface area contributed by atoms with E-state index >= 15 is 0 Å². The van der Waals surface area contributed by atoms with Gasteiger partial charge in [-0.05, 0) is 63.2 Å². The molecule has 2 aromatic carbocycles. The fraction of sp³-hybridized carbons (Fsp3) is 0.481. The van der Waals surface area contributed by atoms with Crippen molar-refractivity contribution in [3.63, 3.8) is 0 Å². The van der Waals surface area contributed by atoms with Crippen LogP contribution in [0, 0.1) is 5.92 Å². The van der Waals surface area contributed by atoms with Crippen LogP contribution in [0.25, 0.3) is 0 Å². The van der Waals surface area contributed by atoms with Gasteiger partial charge in [0.15, 0.2) is 5.78 Å². The number of hydrogen-bond acceptors (Lipinski definition) is 3. The minimum Gasteiger partial charge on any atom is -0.342 e. The van der Waals surface area contributed by atoms with Crippen molar-refractivity contribution >= 4 is 24.1 Å².